The van der Waals surface area contributed by atoms with Crippen molar-refractivity contribution in [2.45, 2.75) is 52.0 Å². The molecule has 1 aliphatic heterocycles. The number of aromatic hydroxyl groups is 1. The number of hydrogen-bond acceptors (Lipinski definition) is 4. The summed E-state index contributed by atoms with van der Waals surface area (Å²) in [4.78, 5) is 0. The van der Waals surface area contributed by atoms with Crippen LogP contribution in [0.2, 0.25) is 0 Å². The number of hydrogen-bond donors (Lipinski definition) is 3. The molecule has 1 aliphatic carbocycles. The van der Waals surface area contributed by atoms with Crippen molar-refractivity contribution in [1.29, 1.82) is 0 Å². The Bertz CT molecular complexity index is 769. The van der Waals surface area contributed by atoms with E-state index >= 15 is 4.39 Å². The molecule has 6 nitrogen and oxygen atoms in total. The third-order valence-electron chi connectivity index (χ3n) is 5.53. The van der Waals surface area contributed by atoms with Crippen molar-refractivity contribution in [3.05, 3.63) is 23.0 Å². The molecule has 3 rings (SSSR count). The van der Waals surface area contributed by atoms with Crippen molar-refractivity contribution < 1.29 is 17.9 Å². The molecule has 0 bridgehead atoms. The summed E-state index contributed by atoms with van der Waals surface area (Å²) in [5, 5.41) is 13.7. The summed E-state index contributed by atoms with van der Waals surface area (Å²) in [6.07, 6.45) is 4.29. The number of rotatable bonds is 6. The van der Waals surface area contributed by atoms with Gasteiger partial charge >= 0.3 is 10.2 Å². The Balaban J connectivity index is 1.80. The van der Waals surface area contributed by atoms with Gasteiger partial charge in [-0.1, -0.05) is 20.3 Å². The van der Waals surface area contributed by atoms with Gasteiger partial charge in [-0.3, -0.25) is 0 Å². The lowest BCUT2D eigenvalue weighted by Gasteiger charge is -2.29. The lowest BCUT2D eigenvalue weighted by atomic mass is 9.87. The van der Waals surface area contributed by atoms with Crippen molar-refractivity contribution in [3.8, 4) is 5.75 Å². The molecule has 146 valence electrons. The van der Waals surface area contributed by atoms with Gasteiger partial charge in [0.2, 0.25) is 0 Å². The minimum Gasteiger partial charge on any atom is -0.506 e. The monoisotopic (exact) mass is 385 g/mol. The van der Waals surface area contributed by atoms with E-state index in [9.17, 15) is 13.5 Å². The number of benzene rings is 1. The number of halogens is 1. The van der Waals surface area contributed by atoms with E-state index in [1.165, 1.54) is 6.07 Å². The highest BCUT2D eigenvalue weighted by Gasteiger charge is 2.35. The quantitative estimate of drug-likeness (QED) is 0.700. The molecule has 0 aromatic heterocycles. The molecule has 1 fully saturated rings. The Kier molecular flexibility index (Phi) is 5.74. The molecule has 0 saturated carbocycles. The van der Waals surface area contributed by atoms with Crippen molar-refractivity contribution >= 4 is 15.9 Å². The van der Waals surface area contributed by atoms with Crippen molar-refractivity contribution in [2.24, 2.45) is 5.92 Å². The van der Waals surface area contributed by atoms with Gasteiger partial charge in [-0.25, -0.2) is 8.70 Å². The first-order chi connectivity index (χ1) is 12.3. The van der Waals surface area contributed by atoms with Crippen LogP contribution in [0.5, 0.6) is 5.75 Å². The standard InChI is InChI=1S/C18H28FN3O3S/c1-3-12(2)6-7-20-14-5-4-13-10-16(23)18(17(19)15(13)11-14)22-9-8-21-26(22,24)25/h10,12,14,20-21,23H,3-9,11H2,1-2H3/t12?,14-/m1/s1. The summed E-state index contributed by atoms with van der Waals surface area (Å²) in [5.41, 5.74) is 1.06. The molecular formula is C18H28FN3O3S. The van der Waals surface area contributed by atoms with E-state index < -0.39 is 16.0 Å². The van der Waals surface area contributed by atoms with Gasteiger partial charge in [0, 0.05) is 19.1 Å². The van der Waals surface area contributed by atoms with Crippen LogP contribution < -0.4 is 14.3 Å². The summed E-state index contributed by atoms with van der Waals surface area (Å²) < 4.78 is 42.5. The molecule has 0 radical (unpaired) electrons. The maximum atomic E-state index is 15.2. The van der Waals surface area contributed by atoms with Crippen LogP contribution in [0.4, 0.5) is 10.1 Å². The van der Waals surface area contributed by atoms with E-state index in [1.807, 2.05) is 0 Å². The predicted molar refractivity (Wildman–Crippen MR) is 100 cm³/mol. The second-order valence-corrected chi connectivity index (χ2v) is 9.04. The normalized spacial score (nSPS) is 23.0. The molecule has 1 unspecified atom stereocenters. The molecule has 1 aromatic rings. The number of anilines is 1. The van der Waals surface area contributed by atoms with Crippen LogP contribution in [0.15, 0.2) is 6.07 Å². The highest BCUT2D eigenvalue weighted by atomic mass is 32.2. The molecule has 2 aliphatic rings. The molecule has 1 saturated heterocycles. The number of aryl methyl sites for hydroxylation is 1. The number of phenols is 1. The molecule has 1 aromatic carbocycles. The Labute approximate surface area is 155 Å². The van der Waals surface area contributed by atoms with Crippen LogP contribution in [0.25, 0.3) is 0 Å². The summed E-state index contributed by atoms with van der Waals surface area (Å²) in [5.74, 6) is -0.260. The molecule has 1 heterocycles. The lowest BCUT2D eigenvalue weighted by Crippen LogP contribution is -2.36. The second-order valence-electron chi connectivity index (χ2n) is 7.36. The lowest BCUT2D eigenvalue weighted by molar-refractivity contribution is 0.408. The summed E-state index contributed by atoms with van der Waals surface area (Å²) >= 11 is 0. The third kappa shape index (κ3) is 3.82. The van der Waals surface area contributed by atoms with Crippen molar-refractivity contribution in [3.63, 3.8) is 0 Å². The first-order valence-electron chi connectivity index (χ1n) is 9.37. The van der Waals surface area contributed by atoms with Gasteiger partial charge in [-0.05, 0) is 55.3 Å². The second kappa shape index (κ2) is 7.70. The maximum absolute atomic E-state index is 15.2. The van der Waals surface area contributed by atoms with Gasteiger partial charge in [-0.15, -0.1) is 0 Å². The zero-order chi connectivity index (χ0) is 18.9. The molecule has 26 heavy (non-hydrogen) atoms. The first-order valence-corrected chi connectivity index (χ1v) is 10.8. The van der Waals surface area contributed by atoms with E-state index in [2.05, 4.69) is 23.9 Å². The minimum atomic E-state index is -3.78. The Morgan fingerprint density at radius 1 is 1.50 bits per heavy atom. The molecule has 0 spiro atoms. The summed E-state index contributed by atoms with van der Waals surface area (Å²) in [6.45, 7) is 5.61. The van der Waals surface area contributed by atoms with Gasteiger partial charge in [0.1, 0.15) is 11.4 Å². The average molecular weight is 386 g/mol. The number of phenolic OH excluding ortho intramolecular Hbond substituents is 1. The zero-order valence-electron chi connectivity index (χ0n) is 15.4. The molecular weight excluding hydrogens is 357 g/mol. The fourth-order valence-electron chi connectivity index (χ4n) is 3.69. The largest absolute Gasteiger partial charge is 0.506 e. The highest BCUT2D eigenvalue weighted by Crippen LogP contribution is 2.39. The predicted octanol–water partition coefficient (Wildman–Crippen LogP) is 2.07. The minimum absolute atomic E-state index is 0.113. The van der Waals surface area contributed by atoms with Crippen molar-refractivity contribution in [1.82, 2.24) is 10.0 Å². The van der Waals surface area contributed by atoms with Crippen LogP contribution in [0, 0.1) is 11.7 Å². The van der Waals surface area contributed by atoms with Gasteiger partial charge < -0.3 is 10.4 Å². The third-order valence-corrected chi connectivity index (χ3v) is 7.05. The molecule has 2 atom stereocenters. The number of fused-ring (bicyclic) bond motifs is 1. The Morgan fingerprint density at radius 3 is 2.92 bits per heavy atom. The van der Waals surface area contributed by atoms with Gasteiger partial charge in [0.15, 0.2) is 5.82 Å². The number of nitrogens with one attached hydrogen (secondary N) is 2. The Morgan fingerprint density at radius 2 is 2.27 bits per heavy atom. The highest BCUT2D eigenvalue weighted by molar-refractivity contribution is 7.91. The smallest absolute Gasteiger partial charge is 0.301 e. The van der Waals surface area contributed by atoms with E-state index in [4.69, 9.17) is 0 Å². The topological polar surface area (TPSA) is 81.7 Å². The maximum Gasteiger partial charge on any atom is 0.301 e. The van der Waals surface area contributed by atoms with Gasteiger partial charge in [0.25, 0.3) is 0 Å². The average Bonchev–Trinajstić information content (AvgIpc) is 2.94. The molecule has 3 N–H and O–H groups in total. The van der Waals surface area contributed by atoms with E-state index in [0.29, 0.717) is 24.3 Å². The fraction of sp³-hybridized carbons (Fsp3) is 0.667. The SMILES string of the molecule is CCC(C)CCN[C@@H]1CCc2cc(O)c(N3CCNS3(=O)=O)c(F)c2C1. The van der Waals surface area contributed by atoms with Crippen molar-refractivity contribution in [2.75, 3.05) is 23.9 Å². The van der Waals surface area contributed by atoms with Crippen LogP contribution in [0.3, 0.4) is 0 Å². The summed E-state index contributed by atoms with van der Waals surface area (Å²) in [6, 6.07) is 1.70. The van der Waals surface area contributed by atoms with Gasteiger partial charge in [0.05, 0.1) is 0 Å². The van der Waals surface area contributed by atoms with Crippen LogP contribution >= 0.6 is 0 Å². The van der Waals surface area contributed by atoms with Crippen LogP contribution in [-0.4, -0.2) is 39.2 Å². The van der Waals surface area contributed by atoms with E-state index in [-0.39, 0.29) is 30.6 Å². The van der Waals surface area contributed by atoms with Crippen LogP contribution in [0.1, 0.15) is 44.2 Å². The van der Waals surface area contributed by atoms with Crippen LogP contribution in [-0.2, 0) is 23.1 Å². The zero-order valence-corrected chi connectivity index (χ0v) is 16.2. The number of nitrogens with zero attached hydrogens (tertiary/aromatic N) is 1. The van der Waals surface area contributed by atoms with Gasteiger partial charge in [-0.2, -0.15) is 13.1 Å². The fourth-order valence-corrected chi connectivity index (χ4v) is 4.95. The van der Waals surface area contributed by atoms with E-state index in [0.717, 1.165) is 35.7 Å². The van der Waals surface area contributed by atoms with E-state index in [1.54, 1.807) is 0 Å². The summed E-state index contributed by atoms with van der Waals surface area (Å²) in [7, 11) is -3.78. The molecule has 0 amide bonds. The first kappa shape index (κ1) is 19.4. The molecule has 8 heteroatoms. The Hall–Kier alpha value is -1.38.